The Morgan fingerprint density at radius 2 is 2.44 bits per heavy atom. The van der Waals surface area contributed by atoms with E-state index in [1.54, 1.807) is 0 Å². The van der Waals surface area contributed by atoms with Crippen LogP contribution in [-0.4, -0.2) is 25.3 Å². The first kappa shape index (κ1) is 10.8. The zero-order chi connectivity index (χ0) is 11.4. The van der Waals surface area contributed by atoms with Crippen LogP contribution in [0.5, 0.6) is 5.75 Å². The summed E-state index contributed by atoms with van der Waals surface area (Å²) in [4.78, 5) is 10.8. The molecule has 1 aliphatic heterocycles. The molecule has 1 saturated heterocycles. The second-order valence-electron chi connectivity index (χ2n) is 3.72. The molecule has 86 valence electrons. The first-order chi connectivity index (χ1) is 7.78. The SMILES string of the molecule is CCc1cccc(OCC2CNC(=O)O2)c1. The molecule has 1 unspecified atom stereocenters. The Morgan fingerprint density at radius 1 is 1.56 bits per heavy atom. The molecule has 16 heavy (non-hydrogen) atoms. The highest BCUT2D eigenvalue weighted by molar-refractivity contribution is 5.69. The van der Waals surface area contributed by atoms with Gasteiger partial charge in [0.25, 0.3) is 0 Å². The lowest BCUT2D eigenvalue weighted by molar-refractivity contribution is 0.105. The molecule has 4 heteroatoms. The summed E-state index contributed by atoms with van der Waals surface area (Å²) in [5.41, 5.74) is 1.24. The Balaban J connectivity index is 1.87. The van der Waals surface area contributed by atoms with Crippen LogP contribution in [0, 0.1) is 0 Å². The summed E-state index contributed by atoms with van der Waals surface area (Å²) >= 11 is 0. The summed E-state index contributed by atoms with van der Waals surface area (Å²) in [6, 6.07) is 7.94. The fraction of sp³-hybridized carbons (Fsp3) is 0.417. The Labute approximate surface area is 94.6 Å². The van der Waals surface area contributed by atoms with Gasteiger partial charge in [-0.1, -0.05) is 19.1 Å². The summed E-state index contributed by atoms with van der Waals surface area (Å²) in [7, 11) is 0. The summed E-state index contributed by atoms with van der Waals surface area (Å²) in [5.74, 6) is 0.822. The average Bonchev–Trinajstić information content (AvgIpc) is 2.73. The third kappa shape index (κ3) is 2.66. The van der Waals surface area contributed by atoms with E-state index in [4.69, 9.17) is 9.47 Å². The Kier molecular flexibility index (Phi) is 3.29. The van der Waals surface area contributed by atoms with Crippen LogP contribution in [-0.2, 0) is 11.2 Å². The maximum absolute atomic E-state index is 10.8. The molecule has 0 radical (unpaired) electrons. The number of carbonyl (C=O) groups excluding carboxylic acids is 1. The molecule has 0 aliphatic carbocycles. The maximum Gasteiger partial charge on any atom is 0.407 e. The lowest BCUT2D eigenvalue weighted by Gasteiger charge is -2.10. The van der Waals surface area contributed by atoms with E-state index < -0.39 is 0 Å². The second kappa shape index (κ2) is 4.88. The van der Waals surface area contributed by atoms with Crippen molar-refractivity contribution >= 4 is 6.09 Å². The van der Waals surface area contributed by atoms with E-state index in [0.717, 1.165) is 12.2 Å². The van der Waals surface area contributed by atoms with Gasteiger partial charge in [-0.2, -0.15) is 0 Å². The Morgan fingerprint density at radius 3 is 3.12 bits per heavy atom. The van der Waals surface area contributed by atoms with E-state index in [0.29, 0.717) is 13.2 Å². The van der Waals surface area contributed by atoms with Crippen molar-refractivity contribution in [3.8, 4) is 5.75 Å². The van der Waals surface area contributed by atoms with Gasteiger partial charge in [-0.15, -0.1) is 0 Å². The molecule has 0 aromatic heterocycles. The highest BCUT2D eigenvalue weighted by atomic mass is 16.6. The van der Waals surface area contributed by atoms with Crippen LogP contribution in [0.4, 0.5) is 4.79 Å². The van der Waals surface area contributed by atoms with Crippen molar-refractivity contribution in [2.75, 3.05) is 13.2 Å². The van der Waals surface area contributed by atoms with Crippen molar-refractivity contribution in [2.24, 2.45) is 0 Å². The summed E-state index contributed by atoms with van der Waals surface area (Å²) in [6.45, 7) is 3.01. The number of hydrogen-bond acceptors (Lipinski definition) is 3. The van der Waals surface area contributed by atoms with Crippen molar-refractivity contribution in [1.29, 1.82) is 0 Å². The molecule has 1 atom stereocenters. The van der Waals surface area contributed by atoms with Gasteiger partial charge in [0.2, 0.25) is 0 Å². The number of ether oxygens (including phenoxy) is 2. The van der Waals surface area contributed by atoms with Crippen LogP contribution in [0.1, 0.15) is 12.5 Å². The van der Waals surface area contributed by atoms with E-state index in [2.05, 4.69) is 18.3 Å². The first-order valence-electron chi connectivity index (χ1n) is 5.44. The van der Waals surface area contributed by atoms with E-state index in [9.17, 15) is 4.79 Å². The quantitative estimate of drug-likeness (QED) is 0.842. The average molecular weight is 221 g/mol. The van der Waals surface area contributed by atoms with Crippen LogP contribution in [0.2, 0.25) is 0 Å². The zero-order valence-electron chi connectivity index (χ0n) is 9.23. The standard InChI is InChI=1S/C12H15NO3/c1-2-9-4-3-5-10(6-9)15-8-11-7-13-12(14)16-11/h3-6,11H,2,7-8H2,1H3,(H,13,14). The molecule has 1 heterocycles. The normalized spacial score (nSPS) is 19.1. The van der Waals surface area contributed by atoms with Gasteiger partial charge < -0.3 is 14.8 Å². The fourth-order valence-corrected chi connectivity index (χ4v) is 1.57. The minimum absolute atomic E-state index is 0.183. The van der Waals surface area contributed by atoms with Gasteiger partial charge in [0.05, 0.1) is 6.54 Å². The molecule has 1 fully saturated rings. The molecular weight excluding hydrogens is 206 g/mol. The first-order valence-corrected chi connectivity index (χ1v) is 5.44. The lowest BCUT2D eigenvalue weighted by atomic mass is 10.2. The third-order valence-corrected chi connectivity index (χ3v) is 2.49. The number of amides is 1. The molecule has 1 aliphatic rings. The van der Waals surface area contributed by atoms with Gasteiger partial charge in [-0.05, 0) is 24.1 Å². The molecular formula is C12H15NO3. The minimum Gasteiger partial charge on any atom is -0.490 e. The highest BCUT2D eigenvalue weighted by Gasteiger charge is 2.22. The summed E-state index contributed by atoms with van der Waals surface area (Å²) in [5, 5.41) is 2.59. The number of carbonyl (C=O) groups is 1. The zero-order valence-corrected chi connectivity index (χ0v) is 9.23. The summed E-state index contributed by atoms with van der Waals surface area (Å²) in [6.07, 6.45) is 0.436. The maximum atomic E-state index is 10.8. The fourth-order valence-electron chi connectivity index (χ4n) is 1.57. The predicted octanol–water partition coefficient (Wildman–Crippen LogP) is 1.74. The van der Waals surface area contributed by atoms with E-state index >= 15 is 0 Å². The highest BCUT2D eigenvalue weighted by Crippen LogP contribution is 2.14. The molecule has 0 bridgehead atoms. The van der Waals surface area contributed by atoms with Gasteiger partial charge in [0.1, 0.15) is 12.4 Å². The van der Waals surface area contributed by atoms with Crippen LogP contribution in [0.15, 0.2) is 24.3 Å². The van der Waals surface area contributed by atoms with Gasteiger partial charge in [-0.25, -0.2) is 4.79 Å². The van der Waals surface area contributed by atoms with Crippen molar-refractivity contribution in [1.82, 2.24) is 5.32 Å². The van der Waals surface area contributed by atoms with Crippen LogP contribution >= 0.6 is 0 Å². The van der Waals surface area contributed by atoms with Crippen molar-refractivity contribution in [3.05, 3.63) is 29.8 Å². The van der Waals surface area contributed by atoms with Crippen molar-refractivity contribution < 1.29 is 14.3 Å². The molecule has 0 saturated carbocycles. The number of aryl methyl sites for hydroxylation is 1. The summed E-state index contributed by atoms with van der Waals surface area (Å²) < 4.78 is 10.5. The number of rotatable bonds is 4. The minimum atomic E-state index is -0.365. The van der Waals surface area contributed by atoms with Crippen molar-refractivity contribution in [3.63, 3.8) is 0 Å². The van der Waals surface area contributed by atoms with E-state index in [1.165, 1.54) is 5.56 Å². The Bertz CT molecular complexity index is 378. The lowest BCUT2D eigenvalue weighted by Crippen LogP contribution is -2.21. The molecule has 1 aromatic rings. The Hall–Kier alpha value is -1.71. The molecule has 2 rings (SSSR count). The smallest absolute Gasteiger partial charge is 0.407 e. The topological polar surface area (TPSA) is 47.6 Å². The molecule has 4 nitrogen and oxygen atoms in total. The third-order valence-electron chi connectivity index (χ3n) is 2.49. The number of hydrogen-bond donors (Lipinski definition) is 1. The van der Waals surface area contributed by atoms with E-state index in [1.807, 2.05) is 18.2 Å². The predicted molar refractivity (Wildman–Crippen MR) is 59.6 cm³/mol. The van der Waals surface area contributed by atoms with Crippen molar-refractivity contribution in [2.45, 2.75) is 19.4 Å². The van der Waals surface area contributed by atoms with E-state index in [-0.39, 0.29) is 12.2 Å². The number of alkyl carbamates (subject to hydrolysis) is 1. The number of nitrogens with one attached hydrogen (secondary N) is 1. The molecule has 1 aromatic carbocycles. The molecule has 0 spiro atoms. The van der Waals surface area contributed by atoms with Gasteiger partial charge in [-0.3, -0.25) is 0 Å². The molecule has 1 N–H and O–H groups in total. The van der Waals surface area contributed by atoms with Gasteiger partial charge in [0.15, 0.2) is 6.10 Å². The molecule has 1 amide bonds. The van der Waals surface area contributed by atoms with Crippen LogP contribution in [0.25, 0.3) is 0 Å². The van der Waals surface area contributed by atoms with Gasteiger partial charge in [0, 0.05) is 0 Å². The second-order valence-corrected chi connectivity index (χ2v) is 3.72. The number of cyclic esters (lactones) is 1. The van der Waals surface area contributed by atoms with Crippen LogP contribution in [0.3, 0.4) is 0 Å². The largest absolute Gasteiger partial charge is 0.490 e. The van der Waals surface area contributed by atoms with Gasteiger partial charge >= 0.3 is 6.09 Å². The number of benzene rings is 1. The van der Waals surface area contributed by atoms with Crippen LogP contribution < -0.4 is 10.1 Å². The monoisotopic (exact) mass is 221 g/mol.